The van der Waals surface area contributed by atoms with Gasteiger partial charge in [-0.15, -0.1) is 0 Å². The SMILES string of the molecule is COc1cc2ncnc(-n3cc(N4CCS(=N)(=O)CC4)cn3)c2cc1OC. The summed E-state index contributed by atoms with van der Waals surface area (Å²) < 4.78 is 32.0. The highest BCUT2D eigenvalue weighted by Crippen LogP contribution is 2.33. The topological polar surface area (TPSA) is 106 Å². The van der Waals surface area contributed by atoms with Gasteiger partial charge in [-0.25, -0.2) is 18.9 Å². The second kappa shape index (κ2) is 6.69. The summed E-state index contributed by atoms with van der Waals surface area (Å²) in [4.78, 5) is 10.8. The van der Waals surface area contributed by atoms with Crippen LogP contribution in [0.5, 0.6) is 11.5 Å². The number of aromatic nitrogens is 4. The quantitative estimate of drug-likeness (QED) is 0.725. The minimum absolute atomic E-state index is 0.381. The van der Waals surface area contributed by atoms with Crippen LogP contribution in [0.15, 0.2) is 30.9 Å². The summed E-state index contributed by atoms with van der Waals surface area (Å²) in [5.74, 6) is 2.59. The van der Waals surface area contributed by atoms with Gasteiger partial charge in [-0.2, -0.15) is 5.10 Å². The van der Waals surface area contributed by atoms with Crippen molar-refractivity contribution in [1.82, 2.24) is 19.7 Å². The highest BCUT2D eigenvalue weighted by molar-refractivity contribution is 7.92. The van der Waals surface area contributed by atoms with Crippen LogP contribution < -0.4 is 14.4 Å². The molecule has 142 valence electrons. The van der Waals surface area contributed by atoms with Crippen LogP contribution in [-0.4, -0.2) is 62.8 Å². The van der Waals surface area contributed by atoms with Crippen LogP contribution in [0.1, 0.15) is 0 Å². The monoisotopic (exact) mass is 388 g/mol. The smallest absolute Gasteiger partial charge is 0.164 e. The van der Waals surface area contributed by atoms with Crippen LogP contribution in [0.25, 0.3) is 16.7 Å². The maximum Gasteiger partial charge on any atom is 0.164 e. The molecule has 3 heterocycles. The third kappa shape index (κ3) is 3.27. The number of rotatable bonds is 4. The Labute approximate surface area is 156 Å². The van der Waals surface area contributed by atoms with E-state index in [4.69, 9.17) is 14.3 Å². The van der Waals surface area contributed by atoms with E-state index in [1.165, 1.54) is 6.33 Å². The van der Waals surface area contributed by atoms with Gasteiger partial charge in [0.05, 0.1) is 37.8 Å². The van der Waals surface area contributed by atoms with Crippen LogP contribution >= 0.6 is 0 Å². The average molecular weight is 388 g/mol. The number of methoxy groups -OCH3 is 2. The van der Waals surface area contributed by atoms with E-state index in [1.807, 2.05) is 12.3 Å². The van der Waals surface area contributed by atoms with Crippen molar-refractivity contribution < 1.29 is 13.7 Å². The molecule has 0 amide bonds. The molecular formula is C17H20N6O3S. The number of nitrogens with zero attached hydrogens (tertiary/aromatic N) is 5. The van der Waals surface area contributed by atoms with Gasteiger partial charge in [-0.3, -0.25) is 4.78 Å². The molecule has 1 aliphatic heterocycles. The molecule has 9 nitrogen and oxygen atoms in total. The van der Waals surface area contributed by atoms with Gasteiger partial charge in [-0.05, 0) is 6.07 Å². The van der Waals surface area contributed by atoms with Crippen molar-refractivity contribution >= 4 is 26.3 Å². The molecule has 10 heteroatoms. The molecule has 0 aliphatic carbocycles. The lowest BCUT2D eigenvalue weighted by atomic mass is 10.2. The van der Waals surface area contributed by atoms with E-state index in [-0.39, 0.29) is 0 Å². The predicted molar refractivity (Wildman–Crippen MR) is 103 cm³/mol. The highest BCUT2D eigenvalue weighted by Gasteiger charge is 2.21. The third-order valence-electron chi connectivity index (χ3n) is 4.65. The molecule has 0 spiro atoms. The molecule has 0 unspecified atom stereocenters. The van der Waals surface area contributed by atoms with E-state index < -0.39 is 9.73 Å². The van der Waals surface area contributed by atoms with Gasteiger partial charge in [0.25, 0.3) is 0 Å². The first kappa shape index (κ1) is 17.5. The number of hydrogen-bond donors (Lipinski definition) is 1. The van der Waals surface area contributed by atoms with Crippen molar-refractivity contribution in [3.05, 3.63) is 30.9 Å². The van der Waals surface area contributed by atoms with Gasteiger partial charge in [0.15, 0.2) is 17.3 Å². The molecule has 0 saturated carbocycles. The number of hydrogen-bond acceptors (Lipinski definition) is 8. The second-order valence-electron chi connectivity index (χ2n) is 6.27. The molecule has 1 aliphatic rings. The van der Waals surface area contributed by atoms with Crippen molar-refractivity contribution in [2.75, 3.05) is 43.7 Å². The van der Waals surface area contributed by atoms with Crippen LogP contribution in [0, 0.1) is 4.78 Å². The molecule has 1 aromatic carbocycles. The van der Waals surface area contributed by atoms with Gasteiger partial charge in [0.1, 0.15) is 6.33 Å². The third-order valence-corrected chi connectivity index (χ3v) is 6.34. The Bertz CT molecular complexity index is 1080. The second-order valence-corrected chi connectivity index (χ2v) is 8.71. The predicted octanol–water partition coefficient (Wildman–Crippen LogP) is 1.70. The minimum Gasteiger partial charge on any atom is -0.493 e. The molecule has 3 aromatic rings. The lowest BCUT2D eigenvalue weighted by Crippen LogP contribution is -2.39. The lowest BCUT2D eigenvalue weighted by Gasteiger charge is -2.28. The Balaban J connectivity index is 1.72. The van der Waals surface area contributed by atoms with Gasteiger partial charge in [0, 0.05) is 45.8 Å². The van der Waals surface area contributed by atoms with Gasteiger partial charge < -0.3 is 14.4 Å². The molecule has 1 N–H and O–H groups in total. The summed E-state index contributed by atoms with van der Waals surface area (Å²) in [5, 5.41) is 5.23. The number of fused-ring (bicyclic) bond motifs is 1. The Morgan fingerprint density at radius 1 is 1.11 bits per heavy atom. The van der Waals surface area contributed by atoms with E-state index in [1.54, 1.807) is 31.2 Å². The van der Waals surface area contributed by atoms with Crippen LogP contribution in [0.3, 0.4) is 0 Å². The first-order valence-corrected chi connectivity index (χ1v) is 10.3. The minimum atomic E-state index is -2.43. The van der Waals surface area contributed by atoms with E-state index >= 15 is 0 Å². The zero-order chi connectivity index (χ0) is 19.0. The van der Waals surface area contributed by atoms with Gasteiger partial charge >= 0.3 is 0 Å². The molecule has 27 heavy (non-hydrogen) atoms. The fourth-order valence-electron chi connectivity index (χ4n) is 3.13. The fraction of sp³-hybridized carbons (Fsp3) is 0.353. The normalized spacial score (nSPS) is 16.4. The number of anilines is 1. The Morgan fingerprint density at radius 3 is 2.52 bits per heavy atom. The van der Waals surface area contributed by atoms with E-state index in [0.29, 0.717) is 41.9 Å². The molecule has 1 saturated heterocycles. The van der Waals surface area contributed by atoms with Crippen molar-refractivity contribution in [3.8, 4) is 17.3 Å². The first-order valence-electron chi connectivity index (χ1n) is 8.41. The highest BCUT2D eigenvalue weighted by atomic mass is 32.2. The van der Waals surface area contributed by atoms with Gasteiger partial charge in [0.2, 0.25) is 0 Å². The molecule has 1 fully saturated rings. The molecule has 0 atom stereocenters. The molecular weight excluding hydrogens is 368 g/mol. The Kier molecular flexibility index (Phi) is 4.34. The zero-order valence-corrected chi connectivity index (χ0v) is 15.9. The first-order chi connectivity index (χ1) is 13.0. The number of benzene rings is 1. The van der Waals surface area contributed by atoms with Crippen LogP contribution in [0.4, 0.5) is 5.69 Å². The average Bonchev–Trinajstić information content (AvgIpc) is 3.16. The summed E-state index contributed by atoms with van der Waals surface area (Å²) in [7, 11) is 0.738. The molecule has 0 bridgehead atoms. The Hall–Kier alpha value is -2.88. The lowest BCUT2D eigenvalue weighted by molar-refractivity contribution is 0.355. The van der Waals surface area contributed by atoms with Crippen molar-refractivity contribution in [1.29, 1.82) is 4.78 Å². The number of ether oxygens (including phenoxy) is 2. The summed E-state index contributed by atoms with van der Waals surface area (Å²) in [6.07, 6.45) is 5.13. The van der Waals surface area contributed by atoms with Crippen molar-refractivity contribution in [3.63, 3.8) is 0 Å². The Morgan fingerprint density at radius 2 is 1.81 bits per heavy atom. The largest absolute Gasteiger partial charge is 0.493 e. The molecule has 4 rings (SSSR count). The summed E-state index contributed by atoms with van der Waals surface area (Å²) in [6.45, 7) is 1.17. The summed E-state index contributed by atoms with van der Waals surface area (Å²) >= 11 is 0. The zero-order valence-electron chi connectivity index (χ0n) is 15.1. The maximum absolute atomic E-state index is 11.8. The standard InChI is InChI=1S/C17H20N6O3S/c1-25-15-7-13-14(8-16(15)26-2)19-11-20-17(13)23-10-12(9-21-23)22-3-5-27(18,24)6-4-22/h7-11,18H,3-6H2,1-2H3. The van der Waals surface area contributed by atoms with E-state index in [2.05, 4.69) is 20.0 Å². The van der Waals surface area contributed by atoms with Crippen molar-refractivity contribution in [2.45, 2.75) is 0 Å². The van der Waals surface area contributed by atoms with Crippen LogP contribution in [-0.2, 0) is 9.73 Å². The summed E-state index contributed by atoms with van der Waals surface area (Å²) in [6, 6.07) is 3.64. The van der Waals surface area contributed by atoms with E-state index in [9.17, 15) is 4.21 Å². The molecule has 2 aromatic heterocycles. The van der Waals surface area contributed by atoms with E-state index in [0.717, 1.165) is 16.6 Å². The number of nitrogens with one attached hydrogen (secondary N) is 1. The maximum atomic E-state index is 11.8. The molecule has 0 radical (unpaired) electrons. The van der Waals surface area contributed by atoms with Gasteiger partial charge in [-0.1, -0.05) is 0 Å². The van der Waals surface area contributed by atoms with Crippen molar-refractivity contribution in [2.24, 2.45) is 0 Å². The fourth-order valence-corrected chi connectivity index (χ4v) is 4.37. The summed E-state index contributed by atoms with van der Waals surface area (Å²) in [5.41, 5.74) is 1.64. The van der Waals surface area contributed by atoms with Crippen LogP contribution in [0.2, 0.25) is 0 Å².